The summed E-state index contributed by atoms with van der Waals surface area (Å²) in [5.41, 5.74) is 0. The molecule has 0 aromatic heterocycles. The lowest BCUT2D eigenvalue weighted by Gasteiger charge is -2.37. The maximum absolute atomic E-state index is 12.7. The van der Waals surface area contributed by atoms with E-state index in [4.69, 9.17) is 46.9 Å². The van der Waals surface area contributed by atoms with Crippen LogP contribution in [0.1, 0.15) is 27.7 Å². The van der Waals surface area contributed by atoms with Crippen LogP contribution in [-0.2, 0) is 51.5 Å². The van der Waals surface area contributed by atoms with Crippen molar-refractivity contribution < 1.29 is 61.7 Å². The molecule has 0 radical (unpaired) electrons. The predicted molar refractivity (Wildman–Crippen MR) is 125 cm³/mol. The van der Waals surface area contributed by atoms with Crippen LogP contribution in [0.2, 0.25) is 0 Å². The molecule has 0 bridgehead atoms. The van der Waals surface area contributed by atoms with Crippen molar-refractivity contribution in [1.29, 1.82) is 0 Å². The van der Waals surface area contributed by atoms with Gasteiger partial charge in [0, 0.05) is 40.6 Å². The van der Waals surface area contributed by atoms with E-state index in [0.29, 0.717) is 26.4 Å². The van der Waals surface area contributed by atoms with Gasteiger partial charge < -0.3 is 57.2 Å². The molecule has 2 N–H and O–H groups in total. The maximum Gasteiger partial charge on any atom is 0.332 e. The molecule has 0 rings (SSSR count). The van der Waals surface area contributed by atoms with Gasteiger partial charge in [0.1, 0.15) is 51.6 Å². The van der Waals surface area contributed by atoms with Crippen molar-refractivity contribution in [1.82, 2.24) is 0 Å². The fraction of sp³-hybridized carbons (Fsp3) is 1.00. The van der Waals surface area contributed by atoms with Crippen LogP contribution >= 0.6 is 7.60 Å². The lowest BCUT2D eigenvalue weighted by Crippen LogP contribution is -2.55. The molecule has 13 nitrogen and oxygen atoms in total. The zero-order chi connectivity index (χ0) is 26.5. The van der Waals surface area contributed by atoms with Crippen LogP contribution in [0.5, 0.6) is 0 Å². The highest BCUT2D eigenvalue weighted by Crippen LogP contribution is 2.47. The van der Waals surface area contributed by atoms with Gasteiger partial charge in [0.15, 0.2) is 0 Å². The number of hydrogen-bond donors (Lipinski definition) is 2. The Bertz CT molecular complexity index is 519. The van der Waals surface area contributed by atoms with E-state index in [-0.39, 0.29) is 33.8 Å². The monoisotopic (exact) mass is 536 g/mol. The fourth-order valence-corrected chi connectivity index (χ4v) is 3.93. The first-order valence-electron chi connectivity index (χ1n) is 11.6. The second-order valence-corrected chi connectivity index (χ2v) is 9.32. The first kappa shape index (κ1) is 34.8. The third kappa shape index (κ3) is 14.9. The first-order valence-corrected chi connectivity index (χ1v) is 13.4. The minimum absolute atomic E-state index is 0.0338. The molecule has 0 aliphatic carbocycles. The van der Waals surface area contributed by atoms with E-state index in [0.717, 1.165) is 0 Å². The zero-order valence-corrected chi connectivity index (χ0v) is 22.7. The lowest BCUT2D eigenvalue weighted by molar-refractivity contribution is -0.248. The van der Waals surface area contributed by atoms with Crippen molar-refractivity contribution in [3.8, 4) is 0 Å². The molecule has 0 spiro atoms. The van der Waals surface area contributed by atoms with E-state index in [1.54, 1.807) is 20.8 Å². The molecule has 14 heteroatoms. The normalized spacial score (nSPS) is 16.7. The van der Waals surface area contributed by atoms with Gasteiger partial charge in [-0.2, -0.15) is 0 Å². The highest BCUT2D eigenvalue weighted by molar-refractivity contribution is 7.53. The minimum atomic E-state index is -3.63. The van der Waals surface area contributed by atoms with E-state index in [1.165, 1.54) is 14.2 Å². The number of rotatable bonds is 25. The average Bonchev–Trinajstić information content (AvgIpc) is 2.85. The summed E-state index contributed by atoms with van der Waals surface area (Å²) >= 11 is 0. The van der Waals surface area contributed by atoms with E-state index in [1.807, 2.05) is 6.92 Å². The van der Waals surface area contributed by atoms with Gasteiger partial charge in [-0.1, -0.05) is 0 Å². The molecule has 0 amide bonds. The number of aliphatic hydroxyl groups is 2. The highest BCUT2D eigenvalue weighted by atomic mass is 31.2. The van der Waals surface area contributed by atoms with Gasteiger partial charge >= 0.3 is 7.60 Å². The van der Waals surface area contributed by atoms with E-state index in [2.05, 4.69) is 0 Å². The predicted octanol–water partition coefficient (Wildman–Crippen LogP) is 1.34. The van der Waals surface area contributed by atoms with E-state index in [9.17, 15) is 14.8 Å². The Morgan fingerprint density at radius 2 is 1.00 bits per heavy atom. The Kier molecular flexibility index (Phi) is 21.6. The van der Waals surface area contributed by atoms with Crippen LogP contribution in [0.15, 0.2) is 0 Å². The quantitative estimate of drug-likeness (QED) is 0.0982. The molecule has 0 aromatic rings. The molecule has 0 aromatic carbocycles. The van der Waals surface area contributed by atoms with Crippen LogP contribution in [0.4, 0.5) is 0 Å². The minimum Gasteiger partial charge on any atom is -0.390 e. The van der Waals surface area contributed by atoms with Gasteiger partial charge in [-0.3, -0.25) is 4.57 Å². The summed E-state index contributed by atoms with van der Waals surface area (Å²) in [6.45, 7) is 7.86. The summed E-state index contributed by atoms with van der Waals surface area (Å²) in [5, 5.41) is 21.9. The summed E-state index contributed by atoms with van der Waals surface area (Å²) in [6, 6.07) is 0. The second kappa shape index (κ2) is 21.8. The Balaban J connectivity index is 5.98. The highest BCUT2D eigenvalue weighted by Gasteiger charge is 2.43. The summed E-state index contributed by atoms with van der Waals surface area (Å²) < 4.78 is 66.4. The standard InChI is InChI=1S/C21H45O13P/c1-7-27-13-31-11-17(22)19(32-14-28-8-2)21(34-16-30-10-4)20(33-15-29-9-3)18(23)12-35(24,25-5)26-6/h17-23H,7-16H2,1-6H3/t17-,18?,19-,20+,21+/m1/s1. The Hall–Kier alpha value is -0.250. The first-order chi connectivity index (χ1) is 16.8. The summed E-state index contributed by atoms with van der Waals surface area (Å²) in [7, 11) is -1.21. The molecular formula is C21H45O13P. The van der Waals surface area contributed by atoms with E-state index < -0.39 is 44.3 Å². The van der Waals surface area contributed by atoms with Gasteiger partial charge in [-0.25, -0.2) is 0 Å². The van der Waals surface area contributed by atoms with Crippen molar-refractivity contribution in [3.05, 3.63) is 0 Å². The smallest absolute Gasteiger partial charge is 0.332 e. The average molecular weight is 537 g/mol. The summed E-state index contributed by atoms with van der Waals surface area (Å²) in [6.07, 6.45) is -6.54. The van der Waals surface area contributed by atoms with Crippen LogP contribution in [0, 0.1) is 0 Å². The van der Waals surface area contributed by atoms with Crippen LogP contribution in [0.3, 0.4) is 0 Å². The van der Waals surface area contributed by atoms with Crippen molar-refractivity contribution in [2.75, 3.05) is 80.6 Å². The third-order valence-corrected chi connectivity index (χ3v) is 6.61. The van der Waals surface area contributed by atoms with Gasteiger partial charge in [-0.05, 0) is 27.7 Å². The number of ether oxygens (including phenoxy) is 8. The van der Waals surface area contributed by atoms with Crippen molar-refractivity contribution in [2.24, 2.45) is 0 Å². The van der Waals surface area contributed by atoms with Crippen LogP contribution < -0.4 is 0 Å². The number of aliphatic hydroxyl groups excluding tert-OH is 2. The van der Waals surface area contributed by atoms with Crippen molar-refractivity contribution in [2.45, 2.75) is 58.2 Å². The molecule has 0 aliphatic heterocycles. The zero-order valence-electron chi connectivity index (χ0n) is 21.8. The largest absolute Gasteiger partial charge is 0.390 e. The van der Waals surface area contributed by atoms with Gasteiger partial charge in [0.05, 0.1) is 18.9 Å². The summed E-state index contributed by atoms with van der Waals surface area (Å²) in [5.74, 6) is 0. The van der Waals surface area contributed by atoms with E-state index >= 15 is 0 Å². The molecule has 35 heavy (non-hydrogen) atoms. The maximum atomic E-state index is 12.7. The SMILES string of the molecule is CCOCOC[C@@H](O)[C@@H](OCOCC)[C@H](OCOCC)[C@@H](OCOCC)C(O)CP(=O)(OC)OC. The molecule has 212 valence electrons. The molecule has 0 fully saturated rings. The van der Waals surface area contributed by atoms with Crippen LogP contribution in [-0.4, -0.2) is 121 Å². The van der Waals surface area contributed by atoms with Gasteiger partial charge in [0.25, 0.3) is 0 Å². The Morgan fingerprint density at radius 1 is 0.600 bits per heavy atom. The molecular weight excluding hydrogens is 491 g/mol. The van der Waals surface area contributed by atoms with Crippen molar-refractivity contribution >= 4 is 7.60 Å². The molecule has 0 saturated heterocycles. The van der Waals surface area contributed by atoms with Crippen LogP contribution in [0.25, 0.3) is 0 Å². The van der Waals surface area contributed by atoms with Gasteiger partial charge in [0.2, 0.25) is 0 Å². The topological polar surface area (TPSA) is 150 Å². The summed E-state index contributed by atoms with van der Waals surface area (Å²) in [4.78, 5) is 0. The second-order valence-electron chi connectivity index (χ2n) is 7.00. The van der Waals surface area contributed by atoms with Crippen molar-refractivity contribution in [3.63, 3.8) is 0 Å². The fourth-order valence-electron chi connectivity index (χ4n) is 2.82. The number of hydrogen-bond acceptors (Lipinski definition) is 13. The molecule has 0 aliphatic rings. The molecule has 0 saturated carbocycles. The molecule has 1 unspecified atom stereocenters. The molecule has 5 atom stereocenters. The Morgan fingerprint density at radius 3 is 1.43 bits per heavy atom. The molecule has 0 heterocycles. The van der Waals surface area contributed by atoms with Gasteiger partial charge in [-0.15, -0.1) is 0 Å². The Labute approximate surface area is 208 Å². The third-order valence-electron chi connectivity index (χ3n) is 4.68. The lowest BCUT2D eigenvalue weighted by atomic mass is 9.99.